The summed E-state index contributed by atoms with van der Waals surface area (Å²) < 4.78 is 7.06. The normalized spacial score (nSPS) is 16.0. The zero-order chi connectivity index (χ0) is 22.2. The van der Waals surface area contributed by atoms with Crippen LogP contribution in [0.5, 0.6) is 5.75 Å². The molecule has 0 radical (unpaired) electrons. The van der Waals surface area contributed by atoms with Crippen LogP contribution >= 0.6 is 11.6 Å². The lowest BCUT2D eigenvalue weighted by atomic mass is 10.0. The van der Waals surface area contributed by atoms with E-state index < -0.39 is 5.78 Å². The smallest absolute Gasteiger partial charge is 0.265 e. The highest BCUT2D eigenvalue weighted by Crippen LogP contribution is 2.27. The number of halogens is 1. The minimum Gasteiger partial charge on any atom is -0.507 e. The van der Waals surface area contributed by atoms with Crippen LogP contribution in [-0.4, -0.2) is 39.5 Å². The largest absolute Gasteiger partial charge is 0.507 e. The summed E-state index contributed by atoms with van der Waals surface area (Å²) in [5.41, 5.74) is 1.53. The first-order valence-corrected chi connectivity index (χ1v) is 10.7. The number of nitrogens with zero attached hydrogens (tertiary/aromatic N) is 2. The lowest BCUT2D eigenvalue weighted by molar-refractivity contribution is 0.103. The summed E-state index contributed by atoms with van der Waals surface area (Å²) in [6.45, 7) is 1.25. The van der Waals surface area contributed by atoms with Crippen molar-refractivity contribution in [2.45, 2.75) is 18.9 Å². The van der Waals surface area contributed by atoms with E-state index in [2.05, 4.69) is 10.3 Å². The molecule has 0 saturated carbocycles. The number of hydrogen-bond donors (Lipinski definition) is 2. The molecule has 162 valence electrons. The number of rotatable bonds is 5. The molecule has 7 nitrogen and oxygen atoms in total. The van der Waals surface area contributed by atoms with E-state index in [0.29, 0.717) is 33.8 Å². The van der Waals surface area contributed by atoms with Crippen molar-refractivity contribution < 1.29 is 14.6 Å². The maximum atomic E-state index is 13.2. The van der Waals surface area contributed by atoms with Gasteiger partial charge in [-0.15, -0.1) is 0 Å². The highest BCUT2D eigenvalue weighted by atomic mass is 35.5. The van der Waals surface area contributed by atoms with Gasteiger partial charge in [-0.2, -0.15) is 0 Å². The van der Waals surface area contributed by atoms with Crippen molar-refractivity contribution in [2.24, 2.45) is 0 Å². The van der Waals surface area contributed by atoms with Crippen LogP contribution in [0.3, 0.4) is 0 Å². The number of aromatic hydroxyl groups is 1. The van der Waals surface area contributed by atoms with Gasteiger partial charge in [-0.05, 0) is 49.2 Å². The minimum atomic E-state index is -0.452. The minimum absolute atomic E-state index is 0.0542. The number of phenols is 1. The van der Waals surface area contributed by atoms with Gasteiger partial charge in [0.05, 0.1) is 28.3 Å². The molecule has 1 aliphatic rings. The zero-order valence-corrected chi connectivity index (χ0v) is 17.8. The van der Waals surface area contributed by atoms with E-state index in [9.17, 15) is 14.7 Å². The number of nitrogens with one attached hydrogen (secondary N) is 1. The van der Waals surface area contributed by atoms with E-state index >= 15 is 0 Å². The summed E-state index contributed by atoms with van der Waals surface area (Å²) in [7, 11) is 0. The first-order valence-electron chi connectivity index (χ1n) is 10.3. The number of benzene rings is 2. The molecule has 4 aromatic rings. The fourth-order valence-electron chi connectivity index (χ4n) is 3.98. The van der Waals surface area contributed by atoms with E-state index in [1.807, 2.05) is 6.07 Å². The number of fused-ring (bicyclic) bond motifs is 2. The van der Waals surface area contributed by atoms with Gasteiger partial charge in [0.25, 0.3) is 5.56 Å². The van der Waals surface area contributed by atoms with E-state index in [0.717, 1.165) is 19.4 Å². The number of para-hydroxylation sites is 1. The van der Waals surface area contributed by atoms with Crippen LogP contribution < -0.4 is 10.9 Å². The molecule has 0 spiro atoms. The predicted octanol–water partition coefficient (Wildman–Crippen LogP) is 4.03. The number of carbonyl (C=O) groups excluding carboxylic acids is 1. The zero-order valence-electron chi connectivity index (χ0n) is 17.0. The van der Waals surface area contributed by atoms with Gasteiger partial charge in [-0.3, -0.25) is 14.0 Å². The number of phenolic OH excluding ortho intramolecular Hbond substituents is 1. The average Bonchev–Trinajstić information content (AvgIpc) is 3.33. The van der Waals surface area contributed by atoms with Gasteiger partial charge in [-0.1, -0.05) is 23.7 Å². The number of ether oxygens (including phenoxy) is 1. The second kappa shape index (κ2) is 8.26. The summed E-state index contributed by atoms with van der Waals surface area (Å²) in [4.78, 5) is 31.1. The third-order valence-corrected chi connectivity index (χ3v) is 5.86. The first-order chi connectivity index (χ1) is 15.5. The Morgan fingerprint density at radius 3 is 2.91 bits per heavy atom. The van der Waals surface area contributed by atoms with Gasteiger partial charge in [0.15, 0.2) is 11.4 Å². The van der Waals surface area contributed by atoms with E-state index in [1.165, 1.54) is 28.8 Å². The fourth-order valence-corrected chi connectivity index (χ4v) is 4.15. The molecule has 32 heavy (non-hydrogen) atoms. The van der Waals surface area contributed by atoms with Gasteiger partial charge in [0, 0.05) is 29.9 Å². The molecule has 2 aromatic carbocycles. The van der Waals surface area contributed by atoms with Crippen LogP contribution in [0.2, 0.25) is 5.02 Å². The highest BCUT2D eigenvalue weighted by molar-refractivity contribution is 6.31. The fraction of sp³-hybridized carbons (Fsp3) is 0.208. The Morgan fingerprint density at radius 2 is 2.09 bits per heavy atom. The van der Waals surface area contributed by atoms with Gasteiger partial charge in [0.1, 0.15) is 5.75 Å². The lowest BCUT2D eigenvalue weighted by Crippen LogP contribution is -2.22. The number of anilines is 1. The van der Waals surface area contributed by atoms with Crippen LogP contribution in [0, 0.1) is 0 Å². The molecule has 1 aliphatic heterocycles. The van der Waals surface area contributed by atoms with Crippen molar-refractivity contribution in [3.8, 4) is 5.75 Å². The van der Waals surface area contributed by atoms with Crippen LogP contribution in [0.25, 0.3) is 16.6 Å². The summed E-state index contributed by atoms with van der Waals surface area (Å²) in [5, 5.41) is 14.3. The van der Waals surface area contributed by atoms with Gasteiger partial charge in [-0.25, -0.2) is 4.98 Å². The molecular weight excluding hydrogens is 430 g/mol. The third-order valence-electron chi connectivity index (χ3n) is 5.63. The summed E-state index contributed by atoms with van der Waals surface area (Å²) in [6.07, 6.45) is 3.45. The summed E-state index contributed by atoms with van der Waals surface area (Å²) >= 11 is 6.03. The number of aromatic nitrogens is 2. The topological polar surface area (TPSA) is 92.9 Å². The van der Waals surface area contributed by atoms with Crippen molar-refractivity contribution in [1.29, 1.82) is 0 Å². The number of pyridine rings is 1. The monoisotopic (exact) mass is 449 g/mol. The number of carbonyl (C=O) groups is 1. The molecule has 1 atom stereocenters. The molecule has 1 saturated heterocycles. The van der Waals surface area contributed by atoms with Crippen LogP contribution in [0.4, 0.5) is 5.69 Å². The van der Waals surface area contributed by atoms with Gasteiger partial charge < -0.3 is 15.2 Å². The molecule has 2 aromatic heterocycles. The molecule has 0 bridgehead atoms. The molecule has 5 rings (SSSR count). The quantitative estimate of drug-likeness (QED) is 0.353. The lowest BCUT2D eigenvalue weighted by Gasteiger charge is -2.16. The second-order valence-corrected chi connectivity index (χ2v) is 8.21. The van der Waals surface area contributed by atoms with E-state index in [4.69, 9.17) is 16.3 Å². The molecule has 0 amide bonds. The van der Waals surface area contributed by atoms with E-state index in [-0.39, 0.29) is 28.5 Å². The van der Waals surface area contributed by atoms with Crippen molar-refractivity contribution in [3.63, 3.8) is 0 Å². The molecule has 8 heteroatoms. The van der Waals surface area contributed by atoms with Crippen molar-refractivity contribution >= 4 is 39.6 Å². The van der Waals surface area contributed by atoms with Crippen molar-refractivity contribution in [1.82, 2.24) is 9.38 Å². The highest BCUT2D eigenvalue weighted by Gasteiger charge is 2.20. The Labute approximate surface area is 188 Å². The Balaban J connectivity index is 1.68. The predicted molar refractivity (Wildman–Crippen MR) is 123 cm³/mol. The molecule has 1 fully saturated rings. The average molecular weight is 450 g/mol. The maximum Gasteiger partial charge on any atom is 0.265 e. The number of hydrogen-bond acceptors (Lipinski definition) is 6. The second-order valence-electron chi connectivity index (χ2n) is 7.78. The van der Waals surface area contributed by atoms with Crippen LogP contribution in [-0.2, 0) is 4.74 Å². The summed E-state index contributed by atoms with van der Waals surface area (Å²) in [6, 6.07) is 13.0. The molecular formula is C24H20ClN3O4. The van der Waals surface area contributed by atoms with E-state index in [1.54, 1.807) is 24.3 Å². The van der Waals surface area contributed by atoms with Crippen LogP contribution in [0.1, 0.15) is 28.8 Å². The van der Waals surface area contributed by atoms with Crippen molar-refractivity contribution in [3.05, 3.63) is 81.2 Å². The third kappa shape index (κ3) is 3.70. The molecule has 0 unspecified atom stereocenters. The first kappa shape index (κ1) is 20.5. The molecule has 0 aliphatic carbocycles. The Morgan fingerprint density at radius 1 is 1.25 bits per heavy atom. The maximum absolute atomic E-state index is 13.2. The van der Waals surface area contributed by atoms with Gasteiger partial charge in [0.2, 0.25) is 0 Å². The van der Waals surface area contributed by atoms with Crippen molar-refractivity contribution in [2.75, 3.05) is 18.5 Å². The SMILES string of the molecule is O=C(c1cc(NC[C@@H]2CCCO2)c2nc3ccccc3c(=O)n2c1)c1cc(Cl)ccc1O. The Kier molecular flexibility index (Phi) is 5.28. The van der Waals surface area contributed by atoms with Crippen LogP contribution in [0.15, 0.2) is 59.5 Å². The summed E-state index contributed by atoms with van der Waals surface area (Å²) in [5.74, 6) is -0.635. The Bertz CT molecular complexity index is 1410. The molecule has 3 heterocycles. The number of ketones is 1. The van der Waals surface area contributed by atoms with Gasteiger partial charge >= 0.3 is 0 Å². The standard InChI is InChI=1S/C24H20ClN3O4/c25-15-7-8-21(29)18(11-15)22(30)14-10-20(26-12-16-4-3-9-32-16)23-27-19-6-2-1-5-17(19)24(31)28(23)13-14/h1-2,5-8,10-11,13,16,26,29H,3-4,9,12H2/t16-/m0/s1. The Hall–Kier alpha value is -3.42. The molecule has 2 N–H and O–H groups in total.